The number of aromatic nitrogens is 3. The summed E-state index contributed by atoms with van der Waals surface area (Å²) >= 11 is 1.67. The van der Waals surface area contributed by atoms with Crippen molar-refractivity contribution >= 4 is 16.5 Å². The van der Waals surface area contributed by atoms with E-state index >= 15 is 0 Å². The highest BCUT2D eigenvalue weighted by atomic mass is 32.1. The van der Waals surface area contributed by atoms with E-state index in [2.05, 4.69) is 33.9 Å². The molecule has 2 heterocycles. The summed E-state index contributed by atoms with van der Waals surface area (Å²) in [6.45, 7) is 5.18. The van der Waals surface area contributed by atoms with Gasteiger partial charge in [0.1, 0.15) is 5.01 Å². The van der Waals surface area contributed by atoms with Crippen LogP contribution in [0.4, 0.5) is 5.13 Å². The van der Waals surface area contributed by atoms with Crippen molar-refractivity contribution in [3.8, 4) is 0 Å². The van der Waals surface area contributed by atoms with Crippen molar-refractivity contribution in [3.05, 3.63) is 35.1 Å². The third-order valence-electron chi connectivity index (χ3n) is 2.68. The number of nitrogens with zero attached hydrogens (tertiary/aromatic N) is 4. The molecule has 0 radical (unpaired) electrons. The van der Waals surface area contributed by atoms with Gasteiger partial charge >= 0.3 is 0 Å². The Morgan fingerprint density at radius 3 is 2.72 bits per heavy atom. The summed E-state index contributed by atoms with van der Waals surface area (Å²) in [5.41, 5.74) is 1.11. The fourth-order valence-corrected chi connectivity index (χ4v) is 2.37. The first-order valence-corrected chi connectivity index (χ1v) is 6.93. The molecule has 0 saturated heterocycles. The molecule has 0 bridgehead atoms. The summed E-state index contributed by atoms with van der Waals surface area (Å²) in [6.07, 6.45) is 2.76. The molecule has 18 heavy (non-hydrogen) atoms. The maximum Gasteiger partial charge on any atom is 0.208 e. The Labute approximate surface area is 112 Å². The van der Waals surface area contributed by atoms with E-state index < -0.39 is 0 Å². The van der Waals surface area contributed by atoms with Gasteiger partial charge in [-0.1, -0.05) is 31.3 Å². The molecule has 96 valence electrons. The van der Waals surface area contributed by atoms with Crippen LogP contribution in [0.1, 0.15) is 30.5 Å². The summed E-state index contributed by atoms with van der Waals surface area (Å²) in [7, 11) is 2.05. The highest BCUT2D eigenvalue weighted by Crippen LogP contribution is 2.24. The maximum absolute atomic E-state index is 4.32. The molecule has 2 aromatic rings. The number of likely N-dealkylation sites (N-methyl/N-ethyl adjacent to an activating group) is 1. The summed E-state index contributed by atoms with van der Waals surface area (Å²) in [6, 6.07) is 6.00. The van der Waals surface area contributed by atoms with Gasteiger partial charge in [-0.25, -0.2) is 0 Å². The number of hydrogen-bond donors (Lipinski definition) is 0. The number of pyridine rings is 1. The van der Waals surface area contributed by atoms with Gasteiger partial charge in [-0.3, -0.25) is 4.98 Å². The van der Waals surface area contributed by atoms with Crippen molar-refractivity contribution < 1.29 is 0 Å². The molecule has 2 rings (SSSR count). The van der Waals surface area contributed by atoms with Crippen LogP contribution in [0.2, 0.25) is 0 Å². The van der Waals surface area contributed by atoms with Crippen LogP contribution >= 0.6 is 11.3 Å². The van der Waals surface area contributed by atoms with Gasteiger partial charge in [-0.2, -0.15) is 0 Å². The quantitative estimate of drug-likeness (QED) is 0.831. The standard InChI is InChI=1S/C13H18N4S/c1-10(2)12-15-16-13(18-12)17(3)9-7-11-6-4-5-8-14-11/h4-6,8,10H,7,9H2,1-3H3. The summed E-state index contributed by atoms with van der Waals surface area (Å²) in [5.74, 6) is 0.445. The normalized spacial score (nSPS) is 10.9. The molecule has 0 atom stereocenters. The lowest BCUT2D eigenvalue weighted by Gasteiger charge is -2.14. The van der Waals surface area contributed by atoms with Crippen molar-refractivity contribution in [2.75, 3.05) is 18.5 Å². The molecular weight excluding hydrogens is 244 g/mol. The lowest BCUT2D eigenvalue weighted by molar-refractivity contribution is 0.810. The first-order chi connectivity index (χ1) is 8.66. The Bertz CT molecular complexity index is 481. The Kier molecular flexibility index (Phi) is 4.25. The second kappa shape index (κ2) is 5.91. The van der Waals surface area contributed by atoms with Gasteiger partial charge in [-0.05, 0) is 12.1 Å². The highest BCUT2D eigenvalue weighted by Gasteiger charge is 2.11. The summed E-state index contributed by atoms with van der Waals surface area (Å²) < 4.78 is 0. The summed E-state index contributed by atoms with van der Waals surface area (Å²) in [4.78, 5) is 6.46. The highest BCUT2D eigenvalue weighted by molar-refractivity contribution is 7.15. The van der Waals surface area contributed by atoms with E-state index in [1.807, 2.05) is 31.4 Å². The van der Waals surface area contributed by atoms with Crippen molar-refractivity contribution in [2.45, 2.75) is 26.2 Å². The molecule has 4 nitrogen and oxygen atoms in total. The third-order valence-corrected chi connectivity index (χ3v) is 4.02. The van der Waals surface area contributed by atoms with Crippen LogP contribution in [0.3, 0.4) is 0 Å². The average Bonchev–Trinajstić information content (AvgIpc) is 2.87. The van der Waals surface area contributed by atoms with Gasteiger partial charge < -0.3 is 4.90 Å². The molecule has 2 aromatic heterocycles. The second-order valence-corrected chi connectivity index (χ2v) is 5.56. The Morgan fingerprint density at radius 2 is 2.11 bits per heavy atom. The van der Waals surface area contributed by atoms with Crippen LogP contribution in [-0.2, 0) is 6.42 Å². The zero-order valence-corrected chi connectivity index (χ0v) is 11.8. The minimum absolute atomic E-state index is 0.445. The van der Waals surface area contributed by atoms with E-state index in [1.54, 1.807) is 11.3 Å². The molecule has 0 fully saturated rings. The lowest BCUT2D eigenvalue weighted by atomic mass is 10.2. The zero-order chi connectivity index (χ0) is 13.0. The van der Waals surface area contributed by atoms with Gasteiger partial charge in [0, 0.05) is 37.8 Å². The van der Waals surface area contributed by atoms with E-state index in [9.17, 15) is 0 Å². The molecule has 0 aliphatic rings. The number of rotatable bonds is 5. The van der Waals surface area contributed by atoms with Crippen molar-refractivity contribution in [1.82, 2.24) is 15.2 Å². The molecule has 0 aliphatic carbocycles. The molecule has 0 aromatic carbocycles. The average molecular weight is 262 g/mol. The van der Waals surface area contributed by atoms with Crippen LogP contribution in [0.25, 0.3) is 0 Å². The largest absolute Gasteiger partial charge is 0.349 e. The first kappa shape index (κ1) is 13.0. The fourth-order valence-electron chi connectivity index (χ4n) is 1.54. The fraction of sp³-hybridized carbons (Fsp3) is 0.462. The molecule has 0 unspecified atom stereocenters. The van der Waals surface area contributed by atoms with E-state index in [0.717, 1.165) is 28.8 Å². The molecule has 0 aliphatic heterocycles. The first-order valence-electron chi connectivity index (χ1n) is 6.11. The third kappa shape index (κ3) is 3.26. The van der Waals surface area contributed by atoms with Crippen molar-refractivity contribution in [1.29, 1.82) is 0 Å². The van der Waals surface area contributed by atoms with Crippen LogP contribution in [-0.4, -0.2) is 28.8 Å². The van der Waals surface area contributed by atoms with Crippen LogP contribution in [0, 0.1) is 0 Å². The topological polar surface area (TPSA) is 41.9 Å². The lowest BCUT2D eigenvalue weighted by Crippen LogP contribution is -2.20. The maximum atomic E-state index is 4.32. The Morgan fingerprint density at radius 1 is 1.28 bits per heavy atom. The van der Waals surface area contributed by atoms with E-state index in [1.165, 1.54) is 0 Å². The molecule has 0 N–H and O–H groups in total. The Hall–Kier alpha value is -1.49. The van der Waals surface area contributed by atoms with Crippen LogP contribution in [0.15, 0.2) is 24.4 Å². The number of anilines is 1. The van der Waals surface area contributed by atoms with E-state index in [4.69, 9.17) is 0 Å². The van der Waals surface area contributed by atoms with Crippen LogP contribution in [0.5, 0.6) is 0 Å². The summed E-state index contributed by atoms with van der Waals surface area (Å²) in [5, 5.41) is 10.5. The minimum atomic E-state index is 0.445. The zero-order valence-electron chi connectivity index (χ0n) is 11.0. The van der Waals surface area contributed by atoms with Crippen molar-refractivity contribution in [3.63, 3.8) is 0 Å². The molecular formula is C13H18N4S. The van der Waals surface area contributed by atoms with E-state index in [0.29, 0.717) is 5.92 Å². The molecule has 0 saturated carbocycles. The Balaban J connectivity index is 1.93. The minimum Gasteiger partial charge on any atom is -0.349 e. The number of hydrogen-bond acceptors (Lipinski definition) is 5. The van der Waals surface area contributed by atoms with Gasteiger partial charge in [0.15, 0.2) is 0 Å². The van der Waals surface area contributed by atoms with Gasteiger partial charge in [0.25, 0.3) is 0 Å². The van der Waals surface area contributed by atoms with Crippen molar-refractivity contribution in [2.24, 2.45) is 0 Å². The second-order valence-electron chi connectivity index (χ2n) is 4.57. The molecule has 0 spiro atoms. The van der Waals surface area contributed by atoms with Gasteiger partial charge in [0.2, 0.25) is 5.13 Å². The predicted molar refractivity (Wildman–Crippen MR) is 75.2 cm³/mol. The van der Waals surface area contributed by atoms with Gasteiger partial charge in [-0.15, -0.1) is 10.2 Å². The smallest absolute Gasteiger partial charge is 0.208 e. The van der Waals surface area contributed by atoms with Crippen LogP contribution < -0.4 is 4.90 Å². The van der Waals surface area contributed by atoms with Gasteiger partial charge in [0.05, 0.1) is 0 Å². The molecule has 5 heteroatoms. The van der Waals surface area contributed by atoms with E-state index in [-0.39, 0.29) is 0 Å². The monoisotopic (exact) mass is 262 g/mol. The predicted octanol–water partition coefficient (Wildman–Crippen LogP) is 2.74. The molecule has 0 amide bonds. The SMILES string of the molecule is CC(C)c1nnc(N(C)CCc2ccccn2)s1.